The van der Waals surface area contributed by atoms with Crippen molar-refractivity contribution in [3.05, 3.63) is 35.9 Å². The van der Waals surface area contributed by atoms with Crippen molar-refractivity contribution in [2.75, 3.05) is 6.54 Å². The van der Waals surface area contributed by atoms with Crippen LogP contribution in [-0.4, -0.2) is 23.9 Å². The van der Waals surface area contributed by atoms with Gasteiger partial charge in [0.15, 0.2) is 0 Å². The Morgan fingerprint density at radius 2 is 2.14 bits per heavy atom. The first-order valence-corrected chi connectivity index (χ1v) is 4.75. The maximum atomic E-state index is 11.5. The first-order chi connectivity index (χ1) is 6.74. The van der Waals surface area contributed by atoms with Crippen molar-refractivity contribution in [1.82, 2.24) is 5.32 Å². The minimum atomic E-state index is -0.266. The summed E-state index contributed by atoms with van der Waals surface area (Å²) < 4.78 is 0. The molecule has 1 unspecified atom stereocenters. The number of benzene rings is 1. The molecule has 3 nitrogen and oxygen atoms in total. The lowest BCUT2D eigenvalue weighted by Gasteiger charge is -2.07. The minimum absolute atomic E-state index is 0.127. The average molecular weight is 208 g/mol. The van der Waals surface area contributed by atoms with Gasteiger partial charge in [-0.15, -0.1) is 0 Å². The summed E-state index contributed by atoms with van der Waals surface area (Å²) in [5, 5.41) is 4.12. The highest BCUT2D eigenvalue weighted by molar-refractivity contribution is 7.79. The predicted octanol–water partition coefficient (Wildman–Crippen LogP) is 0.743. The highest BCUT2D eigenvalue weighted by Gasteiger charge is 2.04. The van der Waals surface area contributed by atoms with E-state index in [1.54, 1.807) is 12.1 Å². The Balaban J connectivity index is 2.47. The van der Waals surface area contributed by atoms with Crippen molar-refractivity contribution in [1.29, 1.82) is 0 Å². The summed E-state index contributed by atoms with van der Waals surface area (Å²) in [5.41, 5.74) is 6.15. The van der Waals surface area contributed by atoms with Gasteiger partial charge in [-0.05, 0) is 17.5 Å². The van der Waals surface area contributed by atoms with Crippen LogP contribution in [0.1, 0.15) is 10.4 Å². The molecule has 3 N–H and O–H groups in total. The van der Waals surface area contributed by atoms with E-state index >= 15 is 0 Å². The number of amides is 1. The molecule has 0 bridgehead atoms. The van der Waals surface area contributed by atoms with Gasteiger partial charge < -0.3 is 11.1 Å². The molecule has 74 valence electrons. The SMILES string of the molecule is NC(C=S)CNC(=O)c1ccccc1. The molecule has 0 fully saturated rings. The molecule has 0 heterocycles. The predicted molar refractivity (Wildman–Crippen MR) is 60.4 cm³/mol. The van der Waals surface area contributed by atoms with Crippen molar-refractivity contribution in [2.45, 2.75) is 6.04 Å². The van der Waals surface area contributed by atoms with Crippen molar-refractivity contribution in [3.8, 4) is 0 Å². The van der Waals surface area contributed by atoms with Crippen LogP contribution < -0.4 is 11.1 Å². The second-order valence-electron chi connectivity index (χ2n) is 2.88. The summed E-state index contributed by atoms with van der Waals surface area (Å²) in [6.45, 7) is 0.372. The second-order valence-corrected chi connectivity index (χ2v) is 3.15. The molecule has 0 aliphatic rings. The van der Waals surface area contributed by atoms with Crippen LogP contribution >= 0.6 is 12.2 Å². The van der Waals surface area contributed by atoms with Crippen LogP contribution in [0.15, 0.2) is 30.3 Å². The molecule has 1 aromatic carbocycles. The van der Waals surface area contributed by atoms with Gasteiger partial charge in [0.05, 0.1) is 6.04 Å². The van der Waals surface area contributed by atoms with E-state index in [1.807, 2.05) is 18.2 Å². The fourth-order valence-electron chi connectivity index (χ4n) is 0.950. The maximum absolute atomic E-state index is 11.5. The summed E-state index contributed by atoms with van der Waals surface area (Å²) in [4.78, 5) is 11.5. The van der Waals surface area contributed by atoms with Crippen molar-refractivity contribution in [2.24, 2.45) is 5.73 Å². The zero-order valence-electron chi connectivity index (χ0n) is 7.64. The normalized spacial score (nSPS) is 11.8. The van der Waals surface area contributed by atoms with Crippen LogP contribution in [0.2, 0.25) is 0 Å². The monoisotopic (exact) mass is 208 g/mol. The van der Waals surface area contributed by atoms with Crippen LogP contribution in [0, 0.1) is 0 Å². The van der Waals surface area contributed by atoms with E-state index in [-0.39, 0.29) is 11.9 Å². The third-order valence-electron chi connectivity index (χ3n) is 1.71. The van der Waals surface area contributed by atoms with Crippen LogP contribution in [-0.2, 0) is 0 Å². The second kappa shape index (κ2) is 5.47. The zero-order chi connectivity index (χ0) is 10.4. The molecule has 1 rings (SSSR count). The Hall–Kier alpha value is -1.26. The number of carbonyl (C=O) groups is 1. The fraction of sp³-hybridized carbons (Fsp3) is 0.200. The molecule has 1 aromatic rings. The van der Waals surface area contributed by atoms with Gasteiger partial charge in [-0.3, -0.25) is 4.79 Å². The molecule has 0 aromatic heterocycles. The lowest BCUT2D eigenvalue weighted by atomic mass is 10.2. The molecular formula is C10H12N2OS. The summed E-state index contributed by atoms with van der Waals surface area (Å²) in [6, 6.07) is 8.72. The molecule has 1 atom stereocenters. The molecule has 14 heavy (non-hydrogen) atoms. The highest BCUT2D eigenvalue weighted by atomic mass is 32.1. The van der Waals surface area contributed by atoms with Gasteiger partial charge in [0, 0.05) is 12.1 Å². The van der Waals surface area contributed by atoms with E-state index in [1.165, 1.54) is 5.37 Å². The fourth-order valence-corrected chi connectivity index (χ4v) is 1.05. The van der Waals surface area contributed by atoms with E-state index in [4.69, 9.17) is 5.73 Å². The lowest BCUT2D eigenvalue weighted by Crippen LogP contribution is -2.37. The number of hydrogen-bond acceptors (Lipinski definition) is 3. The Labute approximate surface area is 88.3 Å². The van der Waals surface area contributed by atoms with E-state index in [9.17, 15) is 4.79 Å². The van der Waals surface area contributed by atoms with E-state index in [2.05, 4.69) is 17.5 Å². The van der Waals surface area contributed by atoms with Crippen LogP contribution in [0.5, 0.6) is 0 Å². The molecule has 4 heteroatoms. The van der Waals surface area contributed by atoms with Gasteiger partial charge in [-0.25, -0.2) is 0 Å². The number of thiocarbonyl (C=S) groups is 1. The Kier molecular flexibility index (Phi) is 4.22. The Morgan fingerprint density at radius 1 is 1.50 bits per heavy atom. The van der Waals surface area contributed by atoms with E-state index in [0.29, 0.717) is 12.1 Å². The van der Waals surface area contributed by atoms with Crippen molar-refractivity contribution < 1.29 is 4.79 Å². The number of hydrogen-bond donors (Lipinski definition) is 2. The molecule has 0 aliphatic carbocycles. The standard InChI is InChI=1S/C10H12N2OS/c11-9(7-14)6-12-10(13)8-4-2-1-3-5-8/h1-5,7,9H,6,11H2,(H,12,13). The van der Waals surface area contributed by atoms with E-state index in [0.717, 1.165) is 0 Å². The van der Waals surface area contributed by atoms with Gasteiger partial charge in [0.1, 0.15) is 0 Å². The third kappa shape index (κ3) is 3.24. The smallest absolute Gasteiger partial charge is 0.251 e. The molecule has 1 amide bonds. The number of rotatable bonds is 4. The van der Waals surface area contributed by atoms with Crippen LogP contribution in [0.4, 0.5) is 0 Å². The van der Waals surface area contributed by atoms with Gasteiger partial charge in [0.2, 0.25) is 0 Å². The first kappa shape index (κ1) is 10.8. The Morgan fingerprint density at radius 3 is 2.71 bits per heavy atom. The molecular weight excluding hydrogens is 196 g/mol. The number of carbonyl (C=O) groups excluding carboxylic acids is 1. The van der Waals surface area contributed by atoms with Crippen LogP contribution in [0.25, 0.3) is 0 Å². The summed E-state index contributed by atoms with van der Waals surface area (Å²) in [7, 11) is 0. The molecule has 0 saturated heterocycles. The largest absolute Gasteiger partial charge is 0.350 e. The number of nitrogens with one attached hydrogen (secondary N) is 1. The zero-order valence-corrected chi connectivity index (χ0v) is 8.46. The highest BCUT2D eigenvalue weighted by Crippen LogP contribution is 1.97. The molecule has 0 spiro atoms. The van der Waals surface area contributed by atoms with Crippen molar-refractivity contribution in [3.63, 3.8) is 0 Å². The Bertz CT molecular complexity index is 313. The molecule has 0 saturated carbocycles. The minimum Gasteiger partial charge on any atom is -0.350 e. The topological polar surface area (TPSA) is 55.1 Å². The van der Waals surface area contributed by atoms with E-state index < -0.39 is 0 Å². The summed E-state index contributed by atoms with van der Waals surface area (Å²) in [5.74, 6) is -0.127. The first-order valence-electron chi connectivity index (χ1n) is 4.28. The molecule has 0 radical (unpaired) electrons. The lowest BCUT2D eigenvalue weighted by molar-refractivity contribution is 0.0953. The molecule has 0 aliphatic heterocycles. The van der Waals surface area contributed by atoms with Crippen molar-refractivity contribution >= 4 is 23.5 Å². The quantitative estimate of drug-likeness (QED) is 0.718. The van der Waals surface area contributed by atoms with Gasteiger partial charge in [0.25, 0.3) is 5.91 Å². The van der Waals surface area contributed by atoms with Gasteiger partial charge >= 0.3 is 0 Å². The van der Waals surface area contributed by atoms with Gasteiger partial charge in [-0.2, -0.15) is 0 Å². The average Bonchev–Trinajstić information content (AvgIpc) is 2.26. The third-order valence-corrected chi connectivity index (χ3v) is 2.06. The van der Waals surface area contributed by atoms with Crippen LogP contribution in [0.3, 0.4) is 0 Å². The van der Waals surface area contributed by atoms with Gasteiger partial charge in [-0.1, -0.05) is 30.4 Å². The summed E-state index contributed by atoms with van der Waals surface area (Å²) >= 11 is 4.64. The number of nitrogens with two attached hydrogens (primary N) is 1. The summed E-state index contributed by atoms with van der Waals surface area (Å²) in [6.07, 6.45) is 0. The maximum Gasteiger partial charge on any atom is 0.251 e.